The smallest absolute Gasteiger partial charge is 0.251 e. The quantitative estimate of drug-likeness (QED) is 0.684. The fraction of sp³-hybridized carbons (Fsp3) is 0.176. The van der Waals surface area contributed by atoms with Gasteiger partial charge < -0.3 is 10.6 Å². The minimum absolute atomic E-state index is 0.114. The van der Waals surface area contributed by atoms with E-state index in [1.807, 2.05) is 0 Å². The van der Waals surface area contributed by atoms with Crippen LogP contribution in [0, 0.1) is 5.82 Å². The number of hydrogen-bond donors (Lipinski definition) is 3. The lowest BCUT2D eigenvalue weighted by atomic mass is 10.2. The first-order chi connectivity index (χ1) is 12.2. The average molecular weight is 379 g/mol. The minimum atomic E-state index is -3.70. The van der Waals surface area contributed by atoms with Crippen molar-refractivity contribution in [1.82, 2.24) is 5.32 Å². The summed E-state index contributed by atoms with van der Waals surface area (Å²) >= 11 is 0. The Hall–Kier alpha value is -2.94. The highest BCUT2D eigenvalue weighted by atomic mass is 32.2. The first-order valence-electron chi connectivity index (χ1n) is 7.67. The van der Waals surface area contributed by atoms with Crippen LogP contribution < -0.4 is 15.4 Å². The van der Waals surface area contributed by atoms with E-state index in [1.165, 1.54) is 25.1 Å². The SMILES string of the molecule is CC(=O)Nc1cccc(NS(=O)(=O)CCNC(=O)c2ccc(F)cc2)c1. The maximum absolute atomic E-state index is 12.8. The number of anilines is 2. The molecule has 0 bridgehead atoms. The van der Waals surface area contributed by atoms with Crippen LogP contribution in [0.25, 0.3) is 0 Å². The van der Waals surface area contributed by atoms with E-state index in [2.05, 4.69) is 15.4 Å². The van der Waals surface area contributed by atoms with Gasteiger partial charge in [-0.05, 0) is 42.5 Å². The van der Waals surface area contributed by atoms with Crippen LogP contribution in [0.2, 0.25) is 0 Å². The van der Waals surface area contributed by atoms with Crippen molar-refractivity contribution in [3.05, 3.63) is 59.9 Å². The van der Waals surface area contributed by atoms with Gasteiger partial charge in [-0.25, -0.2) is 12.8 Å². The molecule has 2 aromatic carbocycles. The zero-order valence-corrected chi connectivity index (χ0v) is 14.8. The highest BCUT2D eigenvalue weighted by Crippen LogP contribution is 2.16. The molecule has 2 amide bonds. The van der Waals surface area contributed by atoms with E-state index in [1.54, 1.807) is 18.2 Å². The molecule has 0 radical (unpaired) electrons. The highest BCUT2D eigenvalue weighted by molar-refractivity contribution is 7.92. The van der Waals surface area contributed by atoms with Crippen molar-refractivity contribution in [3.8, 4) is 0 Å². The summed E-state index contributed by atoms with van der Waals surface area (Å²) in [6, 6.07) is 11.2. The van der Waals surface area contributed by atoms with Crippen molar-refractivity contribution >= 4 is 33.2 Å². The van der Waals surface area contributed by atoms with E-state index in [0.29, 0.717) is 11.4 Å². The Morgan fingerprint density at radius 2 is 1.69 bits per heavy atom. The first kappa shape index (κ1) is 19.4. The molecule has 0 heterocycles. The van der Waals surface area contributed by atoms with Gasteiger partial charge in [-0.15, -0.1) is 0 Å². The van der Waals surface area contributed by atoms with E-state index < -0.39 is 21.7 Å². The third-order valence-electron chi connectivity index (χ3n) is 3.22. The van der Waals surface area contributed by atoms with Gasteiger partial charge in [-0.2, -0.15) is 0 Å². The minimum Gasteiger partial charge on any atom is -0.351 e. The summed E-state index contributed by atoms with van der Waals surface area (Å²) in [4.78, 5) is 22.9. The Bertz CT molecular complexity index is 898. The summed E-state index contributed by atoms with van der Waals surface area (Å²) in [6.45, 7) is 1.23. The van der Waals surface area contributed by atoms with E-state index >= 15 is 0 Å². The molecule has 0 fully saturated rings. The van der Waals surface area contributed by atoms with Crippen molar-refractivity contribution in [2.45, 2.75) is 6.92 Å². The van der Waals surface area contributed by atoms with E-state index in [4.69, 9.17) is 0 Å². The van der Waals surface area contributed by atoms with Gasteiger partial charge in [0.25, 0.3) is 5.91 Å². The van der Waals surface area contributed by atoms with Gasteiger partial charge in [0, 0.05) is 24.7 Å². The summed E-state index contributed by atoms with van der Waals surface area (Å²) in [7, 11) is -3.70. The van der Waals surface area contributed by atoms with Gasteiger partial charge in [-0.1, -0.05) is 6.07 Å². The summed E-state index contributed by atoms with van der Waals surface area (Å²) in [6.07, 6.45) is 0. The van der Waals surface area contributed by atoms with Crippen LogP contribution in [0.5, 0.6) is 0 Å². The molecular formula is C17H18FN3O4S. The third kappa shape index (κ3) is 6.17. The summed E-state index contributed by atoms with van der Waals surface area (Å²) < 4.78 is 39.4. The number of sulfonamides is 1. The lowest BCUT2D eigenvalue weighted by molar-refractivity contribution is -0.114. The summed E-state index contributed by atoms with van der Waals surface area (Å²) in [5.74, 6) is -1.57. The number of halogens is 1. The molecule has 0 aromatic heterocycles. The maximum Gasteiger partial charge on any atom is 0.251 e. The van der Waals surface area contributed by atoms with Crippen LogP contribution in [0.1, 0.15) is 17.3 Å². The van der Waals surface area contributed by atoms with Crippen LogP contribution >= 0.6 is 0 Å². The van der Waals surface area contributed by atoms with Gasteiger partial charge in [0.2, 0.25) is 15.9 Å². The predicted octanol–water partition coefficient (Wildman–Crippen LogP) is 1.96. The highest BCUT2D eigenvalue weighted by Gasteiger charge is 2.12. The maximum atomic E-state index is 12.8. The van der Waals surface area contributed by atoms with Crippen LogP contribution in [-0.2, 0) is 14.8 Å². The summed E-state index contributed by atoms with van der Waals surface area (Å²) in [5.41, 5.74) is 0.989. The van der Waals surface area contributed by atoms with Crippen molar-refractivity contribution in [3.63, 3.8) is 0 Å². The molecule has 26 heavy (non-hydrogen) atoms. The standard InChI is InChI=1S/C17H18FN3O4S/c1-12(22)20-15-3-2-4-16(11-15)21-26(24,25)10-9-19-17(23)13-5-7-14(18)8-6-13/h2-8,11,21H,9-10H2,1H3,(H,19,23)(H,20,22). The van der Waals surface area contributed by atoms with Crippen molar-refractivity contribution in [1.29, 1.82) is 0 Å². The van der Waals surface area contributed by atoms with E-state index in [0.717, 1.165) is 12.1 Å². The molecule has 0 saturated heterocycles. The topological polar surface area (TPSA) is 104 Å². The Morgan fingerprint density at radius 1 is 1.04 bits per heavy atom. The van der Waals surface area contributed by atoms with Gasteiger partial charge in [-0.3, -0.25) is 14.3 Å². The van der Waals surface area contributed by atoms with Crippen LogP contribution in [0.15, 0.2) is 48.5 Å². The second-order valence-corrected chi connectivity index (χ2v) is 7.29. The number of carbonyl (C=O) groups excluding carboxylic acids is 2. The largest absolute Gasteiger partial charge is 0.351 e. The number of hydrogen-bond acceptors (Lipinski definition) is 4. The molecule has 9 heteroatoms. The Kier molecular flexibility index (Phi) is 6.29. The Labute approximate surface area is 150 Å². The normalized spacial score (nSPS) is 10.8. The zero-order valence-electron chi connectivity index (χ0n) is 14.0. The second-order valence-electron chi connectivity index (χ2n) is 5.45. The van der Waals surface area contributed by atoms with E-state index in [-0.39, 0.29) is 23.8 Å². The van der Waals surface area contributed by atoms with Gasteiger partial charge in [0.1, 0.15) is 5.82 Å². The monoisotopic (exact) mass is 379 g/mol. The molecule has 2 aromatic rings. The fourth-order valence-electron chi connectivity index (χ4n) is 2.10. The van der Waals surface area contributed by atoms with Gasteiger partial charge in [0.15, 0.2) is 0 Å². The van der Waals surface area contributed by atoms with Crippen molar-refractivity contribution in [2.24, 2.45) is 0 Å². The molecule has 0 aliphatic heterocycles. The second kappa shape index (κ2) is 8.43. The molecule has 0 aliphatic carbocycles. The molecule has 3 N–H and O–H groups in total. The predicted molar refractivity (Wildman–Crippen MR) is 96.9 cm³/mol. The molecule has 7 nitrogen and oxygen atoms in total. The van der Waals surface area contributed by atoms with Gasteiger partial charge >= 0.3 is 0 Å². The number of amides is 2. The number of carbonyl (C=O) groups is 2. The van der Waals surface area contributed by atoms with E-state index in [9.17, 15) is 22.4 Å². The molecule has 138 valence electrons. The molecule has 2 rings (SSSR count). The fourth-order valence-corrected chi connectivity index (χ4v) is 3.06. The van der Waals surface area contributed by atoms with Crippen molar-refractivity contribution in [2.75, 3.05) is 22.3 Å². The molecule has 0 spiro atoms. The van der Waals surface area contributed by atoms with Crippen LogP contribution in [0.4, 0.5) is 15.8 Å². The lowest BCUT2D eigenvalue weighted by Gasteiger charge is -2.10. The lowest BCUT2D eigenvalue weighted by Crippen LogP contribution is -2.31. The molecular weight excluding hydrogens is 361 g/mol. The molecule has 0 atom stereocenters. The Balaban J connectivity index is 1.89. The summed E-state index contributed by atoms with van der Waals surface area (Å²) in [5, 5.41) is 5.01. The average Bonchev–Trinajstić information content (AvgIpc) is 2.54. The van der Waals surface area contributed by atoms with Crippen LogP contribution in [-0.4, -0.2) is 32.5 Å². The molecule has 0 unspecified atom stereocenters. The van der Waals surface area contributed by atoms with Crippen molar-refractivity contribution < 1.29 is 22.4 Å². The third-order valence-corrected chi connectivity index (χ3v) is 4.51. The molecule has 0 saturated carbocycles. The van der Waals surface area contributed by atoms with Crippen LogP contribution in [0.3, 0.4) is 0 Å². The number of rotatable bonds is 7. The number of nitrogens with one attached hydrogen (secondary N) is 3. The van der Waals surface area contributed by atoms with Gasteiger partial charge in [0.05, 0.1) is 11.4 Å². The Morgan fingerprint density at radius 3 is 2.35 bits per heavy atom. The number of benzene rings is 2. The first-order valence-corrected chi connectivity index (χ1v) is 9.32. The molecule has 0 aliphatic rings. The zero-order chi connectivity index (χ0) is 19.2.